The van der Waals surface area contributed by atoms with E-state index in [0.29, 0.717) is 11.1 Å². The molecule has 1 aliphatic rings. The molecule has 2 aromatic rings. The molecule has 1 fully saturated rings. The second kappa shape index (κ2) is 6.04. The van der Waals surface area contributed by atoms with Crippen LogP contribution in [0.1, 0.15) is 18.5 Å². The third-order valence-electron chi connectivity index (χ3n) is 3.91. The first-order valence-corrected chi connectivity index (χ1v) is 7.53. The summed E-state index contributed by atoms with van der Waals surface area (Å²) in [5, 5.41) is 4.08. The minimum atomic E-state index is -0.257. The van der Waals surface area contributed by atoms with Crippen LogP contribution in [-0.4, -0.2) is 19.1 Å². The molecule has 21 heavy (non-hydrogen) atoms. The fourth-order valence-corrected chi connectivity index (χ4v) is 3.08. The van der Waals surface area contributed by atoms with E-state index in [1.807, 2.05) is 18.2 Å². The number of nitrogens with one attached hydrogen (secondary N) is 1. The molecule has 110 valence electrons. The van der Waals surface area contributed by atoms with Gasteiger partial charge in [-0.05, 0) is 30.7 Å². The summed E-state index contributed by atoms with van der Waals surface area (Å²) in [4.78, 5) is 2.20. The summed E-state index contributed by atoms with van der Waals surface area (Å²) in [6.45, 7) is 3.74. The number of hydrogen-bond acceptors (Lipinski definition) is 2. The first kappa shape index (κ1) is 14.4. The maximum Gasteiger partial charge on any atom is 0.125 e. The highest BCUT2D eigenvalue weighted by molar-refractivity contribution is 6.33. The van der Waals surface area contributed by atoms with Crippen molar-refractivity contribution in [1.29, 1.82) is 0 Å². The molecule has 2 nitrogen and oxygen atoms in total. The van der Waals surface area contributed by atoms with E-state index >= 15 is 0 Å². The van der Waals surface area contributed by atoms with Crippen LogP contribution in [-0.2, 0) is 0 Å². The molecule has 1 N–H and O–H groups in total. The van der Waals surface area contributed by atoms with Gasteiger partial charge < -0.3 is 10.2 Å². The van der Waals surface area contributed by atoms with E-state index in [1.54, 1.807) is 6.07 Å². The SMILES string of the molecule is CC1CN(c2cc(F)ccc2Cl)C(c2ccccc2)CN1. The summed E-state index contributed by atoms with van der Waals surface area (Å²) >= 11 is 6.30. The Morgan fingerprint density at radius 3 is 2.71 bits per heavy atom. The quantitative estimate of drug-likeness (QED) is 0.901. The van der Waals surface area contributed by atoms with Crippen LogP contribution in [0.25, 0.3) is 0 Å². The molecule has 0 aromatic heterocycles. The molecule has 1 heterocycles. The Kier molecular flexibility index (Phi) is 4.13. The third kappa shape index (κ3) is 3.04. The largest absolute Gasteiger partial charge is 0.360 e. The summed E-state index contributed by atoms with van der Waals surface area (Å²) in [5.74, 6) is -0.257. The topological polar surface area (TPSA) is 15.3 Å². The molecule has 1 saturated heterocycles. The number of piperazine rings is 1. The van der Waals surface area contributed by atoms with Crippen LogP contribution in [0, 0.1) is 5.82 Å². The van der Waals surface area contributed by atoms with Gasteiger partial charge in [0.15, 0.2) is 0 Å². The number of nitrogens with zero attached hydrogens (tertiary/aromatic N) is 1. The highest BCUT2D eigenvalue weighted by Gasteiger charge is 2.28. The number of anilines is 1. The lowest BCUT2D eigenvalue weighted by Crippen LogP contribution is -2.51. The second-order valence-corrected chi connectivity index (χ2v) is 5.89. The molecule has 0 spiro atoms. The van der Waals surface area contributed by atoms with Crippen LogP contribution in [0.4, 0.5) is 10.1 Å². The smallest absolute Gasteiger partial charge is 0.125 e. The zero-order valence-corrected chi connectivity index (χ0v) is 12.6. The Labute approximate surface area is 129 Å². The fraction of sp³-hybridized carbons (Fsp3) is 0.294. The fourth-order valence-electron chi connectivity index (χ4n) is 2.85. The van der Waals surface area contributed by atoms with Gasteiger partial charge in [0, 0.05) is 19.1 Å². The summed E-state index contributed by atoms with van der Waals surface area (Å²) < 4.78 is 13.6. The van der Waals surface area contributed by atoms with Crippen molar-refractivity contribution in [2.45, 2.75) is 19.0 Å². The molecule has 0 saturated carbocycles. The van der Waals surface area contributed by atoms with Gasteiger partial charge in [-0.1, -0.05) is 41.9 Å². The maximum atomic E-state index is 13.6. The van der Waals surface area contributed by atoms with E-state index in [9.17, 15) is 4.39 Å². The zero-order chi connectivity index (χ0) is 14.8. The molecule has 0 radical (unpaired) electrons. The average Bonchev–Trinajstić information content (AvgIpc) is 2.50. The van der Waals surface area contributed by atoms with Gasteiger partial charge in [0.2, 0.25) is 0 Å². The predicted molar refractivity (Wildman–Crippen MR) is 85.4 cm³/mol. The van der Waals surface area contributed by atoms with Crippen LogP contribution in [0.5, 0.6) is 0 Å². The van der Waals surface area contributed by atoms with E-state index in [1.165, 1.54) is 17.7 Å². The zero-order valence-electron chi connectivity index (χ0n) is 11.9. The standard InChI is InChI=1S/C17H18ClFN2/c1-12-11-21(16-9-14(19)7-8-15(16)18)17(10-20-12)13-5-3-2-4-6-13/h2-9,12,17,20H,10-11H2,1H3. The van der Waals surface area contributed by atoms with E-state index < -0.39 is 0 Å². The van der Waals surface area contributed by atoms with Crippen LogP contribution in [0.3, 0.4) is 0 Å². The average molecular weight is 305 g/mol. The van der Waals surface area contributed by atoms with Crippen molar-refractivity contribution in [3.63, 3.8) is 0 Å². The third-order valence-corrected chi connectivity index (χ3v) is 4.23. The van der Waals surface area contributed by atoms with E-state index in [0.717, 1.165) is 18.8 Å². The van der Waals surface area contributed by atoms with Gasteiger partial charge in [-0.25, -0.2) is 4.39 Å². The lowest BCUT2D eigenvalue weighted by molar-refractivity contribution is 0.416. The molecule has 2 aromatic carbocycles. The molecule has 2 unspecified atom stereocenters. The van der Waals surface area contributed by atoms with Crippen LogP contribution < -0.4 is 10.2 Å². The van der Waals surface area contributed by atoms with Crippen LogP contribution >= 0.6 is 11.6 Å². The van der Waals surface area contributed by atoms with Crippen molar-refractivity contribution in [2.24, 2.45) is 0 Å². The maximum absolute atomic E-state index is 13.6. The van der Waals surface area contributed by atoms with E-state index in [-0.39, 0.29) is 11.9 Å². The molecule has 0 bridgehead atoms. The highest BCUT2D eigenvalue weighted by atomic mass is 35.5. The van der Waals surface area contributed by atoms with Gasteiger partial charge >= 0.3 is 0 Å². The summed E-state index contributed by atoms with van der Waals surface area (Å²) in [5.41, 5.74) is 1.97. The minimum Gasteiger partial charge on any atom is -0.360 e. The van der Waals surface area contributed by atoms with E-state index in [2.05, 4.69) is 29.3 Å². The van der Waals surface area contributed by atoms with Crippen molar-refractivity contribution < 1.29 is 4.39 Å². The van der Waals surface area contributed by atoms with Crippen molar-refractivity contribution in [3.8, 4) is 0 Å². The lowest BCUT2D eigenvalue weighted by atomic mass is 10.0. The Morgan fingerprint density at radius 1 is 1.19 bits per heavy atom. The van der Waals surface area contributed by atoms with Crippen molar-refractivity contribution >= 4 is 17.3 Å². The number of hydrogen-bond donors (Lipinski definition) is 1. The Bertz CT molecular complexity index is 617. The van der Waals surface area contributed by atoms with Gasteiger partial charge in [-0.15, -0.1) is 0 Å². The normalized spacial score (nSPS) is 22.3. The summed E-state index contributed by atoms with van der Waals surface area (Å²) in [7, 11) is 0. The van der Waals surface area contributed by atoms with Crippen LogP contribution in [0.2, 0.25) is 5.02 Å². The number of rotatable bonds is 2. The number of halogens is 2. The predicted octanol–water partition coefficient (Wildman–Crippen LogP) is 4.02. The molecular weight excluding hydrogens is 287 g/mol. The summed E-state index contributed by atoms with van der Waals surface area (Å²) in [6, 6.07) is 15.3. The molecule has 0 aliphatic carbocycles. The van der Waals surface area contributed by atoms with Gasteiger partial charge in [0.1, 0.15) is 5.82 Å². The Morgan fingerprint density at radius 2 is 1.95 bits per heavy atom. The van der Waals surface area contributed by atoms with Gasteiger partial charge in [-0.3, -0.25) is 0 Å². The van der Waals surface area contributed by atoms with E-state index in [4.69, 9.17) is 11.6 Å². The van der Waals surface area contributed by atoms with Crippen molar-refractivity contribution in [1.82, 2.24) is 5.32 Å². The molecule has 0 amide bonds. The molecule has 3 rings (SSSR count). The Balaban J connectivity index is 2.00. The van der Waals surface area contributed by atoms with Crippen molar-refractivity contribution in [3.05, 3.63) is 64.9 Å². The monoisotopic (exact) mass is 304 g/mol. The molecular formula is C17H18ClFN2. The van der Waals surface area contributed by atoms with Crippen molar-refractivity contribution in [2.75, 3.05) is 18.0 Å². The first-order chi connectivity index (χ1) is 10.1. The van der Waals surface area contributed by atoms with Crippen LogP contribution in [0.15, 0.2) is 48.5 Å². The molecule has 2 atom stereocenters. The first-order valence-electron chi connectivity index (χ1n) is 7.15. The van der Waals surface area contributed by atoms with Gasteiger partial charge in [0.25, 0.3) is 0 Å². The Hall–Kier alpha value is -1.58. The number of benzene rings is 2. The summed E-state index contributed by atoms with van der Waals surface area (Å²) in [6.07, 6.45) is 0. The second-order valence-electron chi connectivity index (χ2n) is 5.48. The molecule has 4 heteroatoms. The lowest BCUT2D eigenvalue weighted by Gasteiger charge is -2.41. The highest BCUT2D eigenvalue weighted by Crippen LogP contribution is 2.34. The van der Waals surface area contributed by atoms with Gasteiger partial charge in [0.05, 0.1) is 16.8 Å². The van der Waals surface area contributed by atoms with Gasteiger partial charge in [-0.2, -0.15) is 0 Å². The minimum absolute atomic E-state index is 0.154. The molecule has 1 aliphatic heterocycles.